The first-order valence-electron chi connectivity index (χ1n) is 15.2. The van der Waals surface area contributed by atoms with Crippen LogP contribution >= 0.6 is 0 Å². The topological polar surface area (TPSA) is 158 Å². The molecule has 2 saturated carbocycles. The molecule has 0 aromatic heterocycles. The second kappa shape index (κ2) is 11.2. The molecule has 41 heavy (non-hydrogen) atoms. The van der Waals surface area contributed by atoms with E-state index in [9.17, 15) is 30.6 Å². The summed E-state index contributed by atoms with van der Waals surface area (Å²) in [5, 5.41) is 61.4. The summed E-state index contributed by atoms with van der Waals surface area (Å²) in [7, 11) is 0. The average Bonchev–Trinajstić information content (AvgIpc) is 3.20. The second-order valence-corrected chi connectivity index (χ2v) is 14.2. The van der Waals surface area contributed by atoms with Crippen LogP contribution in [-0.4, -0.2) is 105 Å². The molecule has 234 valence electrons. The summed E-state index contributed by atoms with van der Waals surface area (Å²) in [4.78, 5) is 0. The lowest BCUT2D eigenvalue weighted by Crippen LogP contribution is -2.60. The highest BCUT2D eigenvalue weighted by molar-refractivity contribution is 5.29. The van der Waals surface area contributed by atoms with E-state index in [-0.39, 0.29) is 34.9 Å². The number of hydrogen-bond acceptors (Lipinski definition) is 10. The Bertz CT molecular complexity index is 1000. The largest absolute Gasteiger partial charge is 0.394 e. The maximum absolute atomic E-state index is 10.7. The standard InChI is InChI=1S/C31H50O10/c1-7-30(5)13-16-8-9-19-29(3,4)20(40-28-25(36)23(34)18(14-32)39-28)10-11-31(19,6)17(16)12-21(30)41-27-26(37)24(35)22(33)15(2)38-27/h7,13,15,17-28,32-37H,1,8-12,14H2,2-6H3/t15-,17+,18+,19-,20-,21-,22+,23+,24+,25-,26-,27+,28+,30-,31-/m1/s1. The van der Waals surface area contributed by atoms with Gasteiger partial charge in [0, 0.05) is 5.41 Å². The zero-order valence-corrected chi connectivity index (χ0v) is 24.9. The molecule has 3 aliphatic carbocycles. The molecule has 0 aromatic carbocycles. The molecular formula is C31H50O10. The highest BCUT2D eigenvalue weighted by Gasteiger charge is 2.60. The van der Waals surface area contributed by atoms with Crippen LogP contribution in [0.4, 0.5) is 0 Å². The van der Waals surface area contributed by atoms with E-state index in [0.717, 1.165) is 25.7 Å². The minimum atomic E-state index is -1.38. The van der Waals surface area contributed by atoms with Gasteiger partial charge in [0.25, 0.3) is 0 Å². The Morgan fingerprint density at radius 1 is 0.902 bits per heavy atom. The van der Waals surface area contributed by atoms with E-state index in [0.29, 0.717) is 6.42 Å². The monoisotopic (exact) mass is 582 g/mol. The minimum Gasteiger partial charge on any atom is -0.394 e. The van der Waals surface area contributed by atoms with Gasteiger partial charge >= 0.3 is 0 Å². The lowest BCUT2D eigenvalue weighted by Gasteiger charge is -2.62. The summed E-state index contributed by atoms with van der Waals surface area (Å²) in [6, 6.07) is 0. The van der Waals surface area contributed by atoms with E-state index in [1.54, 1.807) is 6.92 Å². The summed E-state index contributed by atoms with van der Waals surface area (Å²) in [6.07, 6.45) is -2.16. The van der Waals surface area contributed by atoms with Crippen molar-refractivity contribution < 1.29 is 49.6 Å². The Labute approximate surface area is 242 Å². The molecule has 6 N–H and O–H groups in total. The first-order valence-corrected chi connectivity index (χ1v) is 15.2. The predicted octanol–water partition coefficient (Wildman–Crippen LogP) is 1.40. The van der Waals surface area contributed by atoms with Gasteiger partial charge in [-0.05, 0) is 61.7 Å². The molecule has 10 heteroatoms. The van der Waals surface area contributed by atoms with Crippen molar-refractivity contribution in [2.24, 2.45) is 28.1 Å². The molecule has 2 aliphatic heterocycles. The van der Waals surface area contributed by atoms with Crippen LogP contribution in [0.1, 0.15) is 66.7 Å². The number of aliphatic hydroxyl groups is 6. The molecule has 15 atom stereocenters. The van der Waals surface area contributed by atoms with E-state index in [1.807, 2.05) is 6.08 Å². The van der Waals surface area contributed by atoms with Crippen molar-refractivity contribution in [3.8, 4) is 0 Å². The van der Waals surface area contributed by atoms with Crippen molar-refractivity contribution in [3.63, 3.8) is 0 Å². The number of rotatable bonds is 6. The normalized spacial score (nSPS) is 53.2. The summed E-state index contributed by atoms with van der Waals surface area (Å²) >= 11 is 0. The van der Waals surface area contributed by atoms with Gasteiger partial charge in [0.15, 0.2) is 12.6 Å². The first kappa shape index (κ1) is 31.5. The lowest BCUT2D eigenvalue weighted by molar-refractivity contribution is -0.312. The van der Waals surface area contributed by atoms with Gasteiger partial charge in [0.2, 0.25) is 0 Å². The van der Waals surface area contributed by atoms with E-state index < -0.39 is 67.3 Å². The molecule has 5 aliphatic rings. The van der Waals surface area contributed by atoms with E-state index >= 15 is 0 Å². The molecular weight excluding hydrogens is 532 g/mol. The van der Waals surface area contributed by atoms with Gasteiger partial charge in [-0.2, -0.15) is 0 Å². The van der Waals surface area contributed by atoms with Crippen LogP contribution in [0.15, 0.2) is 24.3 Å². The fraction of sp³-hybridized carbons (Fsp3) is 0.871. The predicted molar refractivity (Wildman–Crippen MR) is 148 cm³/mol. The maximum atomic E-state index is 10.7. The van der Waals surface area contributed by atoms with Crippen molar-refractivity contribution in [1.82, 2.24) is 0 Å². The van der Waals surface area contributed by atoms with Crippen LogP contribution in [0.3, 0.4) is 0 Å². The molecule has 5 rings (SSSR count). The van der Waals surface area contributed by atoms with E-state index in [2.05, 4.69) is 40.3 Å². The van der Waals surface area contributed by atoms with Crippen molar-refractivity contribution in [3.05, 3.63) is 24.3 Å². The number of allylic oxidation sites excluding steroid dienone is 1. The Morgan fingerprint density at radius 2 is 1.54 bits per heavy atom. The molecule has 0 amide bonds. The molecule has 4 fully saturated rings. The molecule has 0 radical (unpaired) electrons. The number of ether oxygens (including phenoxy) is 4. The van der Waals surface area contributed by atoms with Crippen LogP contribution < -0.4 is 0 Å². The van der Waals surface area contributed by atoms with Crippen LogP contribution in [0.2, 0.25) is 0 Å². The third-order valence-electron chi connectivity index (χ3n) is 11.4. The minimum absolute atomic E-state index is 0.0745. The smallest absolute Gasteiger partial charge is 0.186 e. The quantitative estimate of drug-likeness (QED) is 0.253. The lowest BCUT2D eigenvalue weighted by atomic mass is 9.44. The number of aliphatic hydroxyl groups excluding tert-OH is 6. The summed E-state index contributed by atoms with van der Waals surface area (Å²) < 4.78 is 24.3. The van der Waals surface area contributed by atoms with E-state index in [1.165, 1.54) is 5.57 Å². The van der Waals surface area contributed by atoms with Gasteiger partial charge < -0.3 is 49.6 Å². The second-order valence-electron chi connectivity index (χ2n) is 14.2. The fourth-order valence-electron chi connectivity index (χ4n) is 8.71. The molecule has 0 aromatic rings. The molecule has 0 bridgehead atoms. The summed E-state index contributed by atoms with van der Waals surface area (Å²) in [6.45, 7) is 14.2. The molecule has 0 unspecified atom stereocenters. The molecule has 10 nitrogen and oxygen atoms in total. The molecule has 2 heterocycles. The van der Waals surface area contributed by atoms with Crippen molar-refractivity contribution in [2.45, 2.75) is 134 Å². The Hall–Kier alpha value is -0.920. The first-order chi connectivity index (χ1) is 19.2. The van der Waals surface area contributed by atoms with Gasteiger partial charge in [0.05, 0.1) is 24.9 Å². The Morgan fingerprint density at radius 3 is 2.17 bits per heavy atom. The van der Waals surface area contributed by atoms with Crippen LogP contribution in [0.5, 0.6) is 0 Å². The number of fused-ring (bicyclic) bond motifs is 3. The molecule has 2 saturated heterocycles. The fourth-order valence-corrected chi connectivity index (χ4v) is 8.71. The number of hydrogen-bond donors (Lipinski definition) is 6. The van der Waals surface area contributed by atoms with Crippen molar-refractivity contribution in [2.75, 3.05) is 6.61 Å². The van der Waals surface area contributed by atoms with Crippen LogP contribution in [0.25, 0.3) is 0 Å². The highest BCUT2D eigenvalue weighted by Crippen LogP contribution is 2.64. The van der Waals surface area contributed by atoms with Crippen LogP contribution in [0, 0.1) is 28.1 Å². The molecule has 0 spiro atoms. The maximum Gasteiger partial charge on any atom is 0.186 e. The summed E-state index contributed by atoms with van der Waals surface area (Å²) in [5.74, 6) is 0.498. The highest BCUT2D eigenvalue weighted by atomic mass is 16.7. The Kier molecular flexibility index (Phi) is 8.62. The van der Waals surface area contributed by atoms with Crippen LogP contribution in [-0.2, 0) is 18.9 Å². The zero-order valence-electron chi connectivity index (χ0n) is 24.9. The zero-order chi connectivity index (χ0) is 30.1. The average molecular weight is 583 g/mol. The van der Waals surface area contributed by atoms with E-state index in [4.69, 9.17) is 18.9 Å². The summed E-state index contributed by atoms with van der Waals surface area (Å²) in [5.41, 5.74) is 0.545. The van der Waals surface area contributed by atoms with Gasteiger partial charge in [-0.25, -0.2) is 0 Å². The van der Waals surface area contributed by atoms with Gasteiger partial charge in [-0.15, -0.1) is 6.58 Å². The third kappa shape index (κ3) is 5.16. The SMILES string of the molecule is C=C[C@]1(C)C=C2CC[C@@H]3C(C)(C)[C@H](O[C@@H]4O[C@@H](CO)[C@H](O)[C@H]4O)CC[C@]3(C)[C@H]2C[C@H]1O[C@@H]1O[C@H](C)[C@H](O)[C@H](O)[C@H]1O. The van der Waals surface area contributed by atoms with Gasteiger partial charge in [0.1, 0.15) is 36.6 Å². The van der Waals surface area contributed by atoms with Gasteiger partial charge in [-0.3, -0.25) is 0 Å². The third-order valence-corrected chi connectivity index (χ3v) is 11.4. The van der Waals surface area contributed by atoms with Crippen molar-refractivity contribution in [1.29, 1.82) is 0 Å². The van der Waals surface area contributed by atoms with Crippen molar-refractivity contribution >= 4 is 0 Å². The Balaban J connectivity index is 1.36. The van der Waals surface area contributed by atoms with Gasteiger partial charge in [-0.1, -0.05) is 45.4 Å².